The Kier molecular flexibility index (Phi) is 11.3. The van der Waals surface area contributed by atoms with E-state index in [-0.39, 0.29) is 29.1 Å². The minimum Gasteiger partial charge on any atom is -0.494 e. The first-order chi connectivity index (χ1) is 32.4. The molecule has 5 nitrogen and oxygen atoms in total. The molecule has 2 aliphatic rings. The molecule has 8 aromatic carbocycles. The van der Waals surface area contributed by atoms with Gasteiger partial charge in [-0.3, -0.25) is 4.79 Å². The van der Waals surface area contributed by atoms with Crippen molar-refractivity contribution in [2.24, 2.45) is 0 Å². The Balaban J connectivity index is 0.663. The van der Waals surface area contributed by atoms with Gasteiger partial charge in [0.25, 0.3) is 0 Å². The maximum Gasteiger partial charge on any atom is 0.343 e. The minimum absolute atomic E-state index is 0.0343. The third-order valence-corrected chi connectivity index (χ3v) is 14.1. The average molecular weight is 876 g/mol. The number of aromatic nitrogens is 1. The lowest BCUT2D eigenvalue weighted by Gasteiger charge is -2.19. The average Bonchev–Trinajstić information content (AvgIpc) is 4.14. The Bertz CT molecular complexity index is 3260. The SMILES string of the molecule is O=C(OCc1ccc(OCCCCCCCCCCC2c3c(c4ccccc4c4ccccc34)-c3c2c2ccccc2c2ccccc32)cc1)c1cn(C2CC2)c2cc(F)c(F)cc2c1=O. The van der Waals surface area contributed by atoms with Crippen molar-refractivity contribution in [2.75, 3.05) is 6.61 Å². The van der Waals surface area contributed by atoms with Gasteiger partial charge in [-0.25, -0.2) is 13.6 Å². The van der Waals surface area contributed by atoms with E-state index in [1.54, 1.807) is 4.57 Å². The van der Waals surface area contributed by atoms with E-state index < -0.39 is 23.0 Å². The summed E-state index contributed by atoms with van der Waals surface area (Å²) in [7, 11) is 0. The summed E-state index contributed by atoms with van der Waals surface area (Å²) in [5.74, 6) is -1.87. The number of carbonyl (C=O) groups excluding carboxylic acids is 1. The zero-order valence-electron chi connectivity index (χ0n) is 37.0. The molecule has 0 radical (unpaired) electrons. The summed E-state index contributed by atoms with van der Waals surface area (Å²) in [6, 6.07) is 45.5. The third kappa shape index (κ3) is 7.68. The van der Waals surface area contributed by atoms with Crippen LogP contribution in [0.1, 0.15) is 110 Å². The van der Waals surface area contributed by atoms with Gasteiger partial charge >= 0.3 is 5.97 Å². The van der Waals surface area contributed by atoms with Crippen LogP contribution in [0.15, 0.2) is 144 Å². The van der Waals surface area contributed by atoms with Crippen LogP contribution in [-0.4, -0.2) is 17.1 Å². The van der Waals surface area contributed by atoms with Gasteiger partial charge in [-0.05, 0) is 115 Å². The van der Waals surface area contributed by atoms with Crippen molar-refractivity contribution < 1.29 is 23.0 Å². The number of hydrogen-bond donors (Lipinski definition) is 0. The molecule has 1 aromatic heterocycles. The molecule has 0 N–H and O–H groups in total. The molecule has 0 atom stereocenters. The predicted molar refractivity (Wildman–Crippen MR) is 263 cm³/mol. The second-order valence-electron chi connectivity index (χ2n) is 18.3. The number of rotatable bonds is 16. The number of hydrogen-bond acceptors (Lipinski definition) is 4. The Morgan fingerprint density at radius 3 is 1.61 bits per heavy atom. The standard InChI is InChI=1S/C59H51F2NO4/c60-51-33-49-53(34-52(51)61)62(38-28-29-38)35-50(58(49)63)59(64)66-36-37-26-30-39(31-27-37)65-32-16-6-4-2-1-3-5-7-25-48-54-44-21-12-8-17-40(44)42-19-10-14-23-46(42)56(54)57-47-24-15-11-20-43(47)41-18-9-13-22-45(41)55(48)57/h8-15,17-24,26-27,30-31,33-35,38,48H,1-7,16,25,28-29,32,36H2. The zero-order valence-corrected chi connectivity index (χ0v) is 37.0. The summed E-state index contributed by atoms with van der Waals surface area (Å²) < 4.78 is 41.3. The molecule has 330 valence electrons. The van der Waals surface area contributed by atoms with Gasteiger partial charge in [-0.1, -0.05) is 154 Å². The van der Waals surface area contributed by atoms with Crippen LogP contribution in [0.5, 0.6) is 5.75 Å². The number of esters is 1. The van der Waals surface area contributed by atoms with E-state index in [9.17, 15) is 18.4 Å². The molecular weight excluding hydrogens is 825 g/mol. The van der Waals surface area contributed by atoms with Gasteiger partial charge in [-0.2, -0.15) is 0 Å². The van der Waals surface area contributed by atoms with Crippen LogP contribution in [0.25, 0.3) is 65.1 Å². The highest BCUT2D eigenvalue weighted by molar-refractivity contribution is 6.25. The summed E-state index contributed by atoms with van der Waals surface area (Å²) in [5, 5.41) is 10.8. The predicted octanol–water partition coefficient (Wildman–Crippen LogP) is 15.3. The summed E-state index contributed by atoms with van der Waals surface area (Å²) >= 11 is 0. The fourth-order valence-electron chi connectivity index (χ4n) is 10.8. The van der Waals surface area contributed by atoms with Crippen LogP contribution in [-0.2, 0) is 11.3 Å². The molecule has 11 rings (SSSR count). The van der Waals surface area contributed by atoms with E-state index in [1.165, 1.54) is 110 Å². The molecule has 0 bridgehead atoms. The van der Waals surface area contributed by atoms with Crippen molar-refractivity contribution in [3.05, 3.63) is 184 Å². The second kappa shape index (κ2) is 17.8. The van der Waals surface area contributed by atoms with E-state index in [1.807, 2.05) is 24.3 Å². The fourth-order valence-corrected chi connectivity index (χ4v) is 10.8. The van der Waals surface area contributed by atoms with Crippen molar-refractivity contribution in [1.82, 2.24) is 4.57 Å². The number of carbonyl (C=O) groups is 1. The number of unbranched alkanes of at least 4 members (excludes halogenated alkanes) is 7. The third-order valence-electron chi connectivity index (χ3n) is 14.1. The lowest BCUT2D eigenvalue weighted by atomic mass is 9.84. The molecule has 66 heavy (non-hydrogen) atoms. The van der Waals surface area contributed by atoms with Crippen molar-refractivity contribution in [1.29, 1.82) is 0 Å². The Morgan fingerprint density at radius 2 is 1.05 bits per heavy atom. The number of halogens is 2. The highest BCUT2D eigenvalue weighted by Crippen LogP contribution is 2.57. The van der Waals surface area contributed by atoms with Gasteiger partial charge in [-0.15, -0.1) is 0 Å². The van der Waals surface area contributed by atoms with Gasteiger partial charge < -0.3 is 14.0 Å². The molecule has 0 aliphatic heterocycles. The fraction of sp³-hybridized carbons (Fsp3) is 0.254. The number of benzene rings is 8. The first kappa shape index (κ1) is 41.8. The van der Waals surface area contributed by atoms with Gasteiger partial charge in [0.05, 0.1) is 12.1 Å². The number of ether oxygens (including phenoxy) is 2. The molecule has 1 heterocycles. The highest BCUT2D eigenvalue weighted by Gasteiger charge is 2.35. The van der Waals surface area contributed by atoms with Crippen molar-refractivity contribution in [3.8, 4) is 16.9 Å². The first-order valence-electron chi connectivity index (χ1n) is 23.7. The molecule has 0 unspecified atom stereocenters. The first-order valence-corrected chi connectivity index (χ1v) is 23.7. The van der Waals surface area contributed by atoms with Crippen molar-refractivity contribution >= 4 is 60.0 Å². The summed E-state index contributed by atoms with van der Waals surface area (Å²) in [4.78, 5) is 26.2. The van der Waals surface area contributed by atoms with Crippen molar-refractivity contribution in [3.63, 3.8) is 0 Å². The Morgan fingerprint density at radius 1 is 0.561 bits per heavy atom. The minimum atomic E-state index is -1.13. The van der Waals surface area contributed by atoms with E-state index in [2.05, 4.69) is 97.1 Å². The topological polar surface area (TPSA) is 57.5 Å². The lowest BCUT2D eigenvalue weighted by Crippen LogP contribution is -2.21. The van der Waals surface area contributed by atoms with E-state index in [0.29, 0.717) is 12.5 Å². The van der Waals surface area contributed by atoms with Gasteiger partial charge in [0.1, 0.15) is 17.9 Å². The molecule has 7 heteroatoms. The maximum atomic E-state index is 14.1. The lowest BCUT2D eigenvalue weighted by molar-refractivity contribution is 0.0470. The monoisotopic (exact) mass is 875 g/mol. The van der Waals surface area contributed by atoms with E-state index >= 15 is 0 Å². The molecule has 2 aliphatic carbocycles. The molecule has 0 amide bonds. The maximum absolute atomic E-state index is 14.1. The van der Waals surface area contributed by atoms with Crippen LogP contribution in [0.3, 0.4) is 0 Å². The quantitative estimate of drug-likeness (QED) is 0.0551. The summed E-state index contributed by atoms with van der Waals surface area (Å²) in [6.45, 7) is 0.593. The molecule has 1 fully saturated rings. The zero-order chi connectivity index (χ0) is 44.7. The van der Waals surface area contributed by atoms with Crippen LogP contribution in [0, 0.1) is 11.6 Å². The summed E-state index contributed by atoms with van der Waals surface area (Å²) in [5.41, 5.74) is 6.06. The molecule has 0 spiro atoms. The Hall–Kier alpha value is -6.86. The second-order valence-corrected chi connectivity index (χ2v) is 18.3. The van der Waals surface area contributed by atoms with Crippen LogP contribution in [0.2, 0.25) is 0 Å². The molecule has 9 aromatic rings. The smallest absolute Gasteiger partial charge is 0.343 e. The molecule has 1 saturated carbocycles. The molecule has 0 saturated heterocycles. The highest BCUT2D eigenvalue weighted by atomic mass is 19.2. The van der Waals surface area contributed by atoms with Crippen molar-refractivity contribution in [2.45, 2.75) is 89.2 Å². The van der Waals surface area contributed by atoms with E-state index in [0.717, 1.165) is 55.5 Å². The van der Waals surface area contributed by atoms with Gasteiger partial charge in [0, 0.05) is 29.6 Å². The summed E-state index contributed by atoms with van der Waals surface area (Å²) in [6.07, 6.45) is 13.6. The number of nitrogens with zero attached hydrogens (tertiary/aromatic N) is 1. The number of pyridine rings is 1. The van der Waals surface area contributed by atoms with Crippen LogP contribution < -0.4 is 10.2 Å². The normalized spacial score (nSPS) is 13.5. The Labute approximate surface area is 382 Å². The van der Waals surface area contributed by atoms with E-state index in [4.69, 9.17) is 9.47 Å². The van der Waals surface area contributed by atoms with Crippen LogP contribution >= 0.6 is 0 Å². The number of fused-ring (bicyclic) bond motifs is 14. The van der Waals surface area contributed by atoms with Gasteiger partial charge in [0.15, 0.2) is 11.6 Å². The van der Waals surface area contributed by atoms with Crippen LogP contribution in [0.4, 0.5) is 8.78 Å². The molecular formula is C59H51F2NO4. The van der Waals surface area contributed by atoms with Gasteiger partial charge in [0.2, 0.25) is 5.43 Å². The largest absolute Gasteiger partial charge is 0.494 e.